The van der Waals surface area contributed by atoms with E-state index >= 15 is 0 Å². The molecule has 19 heavy (non-hydrogen) atoms. The Balaban J connectivity index is 2.06. The predicted molar refractivity (Wildman–Crippen MR) is 69.9 cm³/mol. The van der Waals surface area contributed by atoms with Crippen molar-refractivity contribution in [1.29, 1.82) is 10.5 Å². The Kier molecular flexibility index (Phi) is 3.80. The van der Waals surface area contributed by atoms with Crippen LogP contribution >= 0.6 is 0 Å². The first kappa shape index (κ1) is 12.7. The zero-order valence-electron chi connectivity index (χ0n) is 10.2. The van der Waals surface area contributed by atoms with Crippen LogP contribution in [0.1, 0.15) is 23.2 Å². The summed E-state index contributed by atoms with van der Waals surface area (Å²) >= 11 is 0. The van der Waals surface area contributed by atoms with Crippen LogP contribution in [-0.2, 0) is 0 Å². The fourth-order valence-electron chi connectivity index (χ4n) is 1.49. The molecule has 1 aliphatic rings. The number of nitriles is 2. The zero-order valence-corrected chi connectivity index (χ0v) is 10.2. The molecular formula is C14H12N4O. The normalized spacial score (nSPS) is 12.7. The van der Waals surface area contributed by atoms with Crippen LogP contribution in [0.4, 0.5) is 5.69 Å². The number of carbonyl (C=O) groups is 1. The summed E-state index contributed by atoms with van der Waals surface area (Å²) in [4.78, 5) is 11.8. The van der Waals surface area contributed by atoms with Gasteiger partial charge < -0.3 is 10.6 Å². The van der Waals surface area contributed by atoms with Crippen molar-refractivity contribution in [2.24, 2.45) is 0 Å². The minimum Gasteiger partial charge on any atom is -0.360 e. The molecule has 0 heterocycles. The van der Waals surface area contributed by atoms with E-state index in [9.17, 15) is 4.79 Å². The minimum atomic E-state index is -0.101. The molecule has 1 amide bonds. The molecule has 0 aromatic heterocycles. The van der Waals surface area contributed by atoms with Gasteiger partial charge in [-0.2, -0.15) is 10.5 Å². The van der Waals surface area contributed by atoms with Crippen molar-refractivity contribution in [3.63, 3.8) is 0 Å². The molecule has 0 spiro atoms. The van der Waals surface area contributed by atoms with Gasteiger partial charge in [-0.05, 0) is 31.0 Å². The predicted octanol–water partition coefficient (Wildman–Crippen LogP) is 1.92. The van der Waals surface area contributed by atoms with Crippen molar-refractivity contribution in [3.8, 4) is 12.1 Å². The van der Waals surface area contributed by atoms with Gasteiger partial charge in [0.15, 0.2) is 0 Å². The van der Waals surface area contributed by atoms with E-state index in [4.69, 9.17) is 10.5 Å². The summed E-state index contributed by atoms with van der Waals surface area (Å²) in [6.07, 6.45) is 3.40. The molecule has 0 atom stereocenters. The monoisotopic (exact) mass is 252 g/mol. The average Bonchev–Trinajstić information content (AvgIpc) is 3.24. The molecule has 1 saturated carbocycles. The molecule has 5 heteroatoms. The maximum Gasteiger partial charge on any atom is 0.251 e. The first-order chi connectivity index (χ1) is 9.22. The molecule has 0 bridgehead atoms. The Morgan fingerprint density at radius 1 is 1.32 bits per heavy atom. The summed E-state index contributed by atoms with van der Waals surface area (Å²) in [6, 6.07) is 10.7. The minimum absolute atomic E-state index is 0.0205. The number of allylic oxidation sites excluding steroid dienone is 1. The molecule has 94 valence electrons. The highest BCUT2D eigenvalue weighted by Gasteiger charge is 2.23. The Hall–Kier alpha value is -2.79. The van der Waals surface area contributed by atoms with Gasteiger partial charge in [0, 0.05) is 23.5 Å². The Labute approximate surface area is 111 Å². The number of amides is 1. The van der Waals surface area contributed by atoms with E-state index in [0.29, 0.717) is 17.3 Å². The molecule has 0 saturated heterocycles. The molecule has 1 aromatic rings. The first-order valence-corrected chi connectivity index (χ1v) is 5.91. The van der Waals surface area contributed by atoms with Crippen LogP contribution in [0.3, 0.4) is 0 Å². The van der Waals surface area contributed by atoms with Crippen LogP contribution in [0.25, 0.3) is 0 Å². The maximum atomic E-state index is 11.8. The lowest BCUT2D eigenvalue weighted by Crippen LogP contribution is -2.25. The van der Waals surface area contributed by atoms with Gasteiger partial charge in [-0.3, -0.25) is 4.79 Å². The fraction of sp³-hybridized carbons (Fsp3) is 0.214. The van der Waals surface area contributed by atoms with Crippen molar-refractivity contribution in [2.75, 3.05) is 5.32 Å². The van der Waals surface area contributed by atoms with Crippen LogP contribution in [-0.4, -0.2) is 11.9 Å². The van der Waals surface area contributed by atoms with E-state index in [-0.39, 0.29) is 11.5 Å². The van der Waals surface area contributed by atoms with E-state index in [2.05, 4.69) is 10.6 Å². The van der Waals surface area contributed by atoms with Gasteiger partial charge in [0.1, 0.15) is 17.7 Å². The number of benzene rings is 1. The Bertz CT molecular complexity index is 587. The lowest BCUT2D eigenvalue weighted by molar-refractivity contribution is 0.0951. The highest BCUT2D eigenvalue weighted by molar-refractivity contribution is 5.95. The van der Waals surface area contributed by atoms with Gasteiger partial charge in [0.05, 0.1) is 0 Å². The number of anilines is 1. The summed E-state index contributed by atoms with van der Waals surface area (Å²) in [7, 11) is 0. The van der Waals surface area contributed by atoms with Gasteiger partial charge in [-0.1, -0.05) is 6.07 Å². The van der Waals surface area contributed by atoms with Gasteiger partial charge >= 0.3 is 0 Å². The molecule has 0 aliphatic heterocycles. The Morgan fingerprint density at radius 2 is 2.05 bits per heavy atom. The van der Waals surface area contributed by atoms with E-state index < -0.39 is 0 Å². The third-order valence-electron chi connectivity index (χ3n) is 2.66. The fourth-order valence-corrected chi connectivity index (χ4v) is 1.49. The maximum absolute atomic E-state index is 11.8. The molecule has 1 fully saturated rings. The van der Waals surface area contributed by atoms with Crippen LogP contribution < -0.4 is 10.6 Å². The lowest BCUT2D eigenvalue weighted by Gasteiger charge is -2.05. The average molecular weight is 252 g/mol. The van der Waals surface area contributed by atoms with Crippen LogP contribution in [0.2, 0.25) is 0 Å². The molecule has 2 N–H and O–H groups in total. The highest BCUT2D eigenvalue weighted by atomic mass is 16.1. The van der Waals surface area contributed by atoms with Gasteiger partial charge in [0.25, 0.3) is 5.91 Å². The number of carbonyl (C=O) groups excluding carboxylic acids is 1. The number of rotatable bonds is 4. The van der Waals surface area contributed by atoms with Crippen LogP contribution in [0, 0.1) is 22.7 Å². The van der Waals surface area contributed by atoms with Gasteiger partial charge in [-0.25, -0.2) is 0 Å². The topological polar surface area (TPSA) is 88.7 Å². The van der Waals surface area contributed by atoms with E-state index in [0.717, 1.165) is 12.8 Å². The molecule has 1 aromatic carbocycles. The standard InChI is InChI=1S/C14H12N4O/c15-7-10(8-16)9-17-13-3-1-2-11(6-13)14(19)18-12-4-5-12/h1-3,6,9,12,17H,4-5H2,(H,18,19). The number of nitrogens with one attached hydrogen (secondary N) is 2. The molecule has 1 aliphatic carbocycles. The van der Waals surface area contributed by atoms with E-state index in [1.165, 1.54) is 6.20 Å². The second kappa shape index (κ2) is 5.70. The molecule has 5 nitrogen and oxygen atoms in total. The van der Waals surface area contributed by atoms with Crippen LogP contribution in [0.15, 0.2) is 36.0 Å². The van der Waals surface area contributed by atoms with Crippen molar-refractivity contribution in [3.05, 3.63) is 41.6 Å². The number of hydrogen-bond acceptors (Lipinski definition) is 4. The molecular weight excluding hydrogens is 240 g/mol. The van der Waals surface area contributed by atoms with Crippen molar-refractivity contribution in [1.82, 2.24) is 5.32 Å². The SMILES string of the molecule is N#CC(C#N)=CNc1cccc(C(=O)NC2CC2)c1. The van der Waals surface area contributed by atoms with Crippen LogP contribution in [0.5, 0.6) is 0 Å². The van der Waals surface area contributed by atoms with Gasteiger partial charge in [0.2, 0.25) is 0 Å². The van der Waals surface area contributed by atoms with Crippen molar-refractivity contribution in [2.45, 2.75) is 18.9 Å². The highest BCUT2D eigenvalue weighted by Crippen LogP contribution is 2.20. The lowest BCUT2D eigenvalue weighted by atomic mass is 10.2. The summed E-state index contributed by atoms with van der Waals surface area (Å²) in [5, 5.41) is 22.9. The number of nitrogens with zero attached hydrogens (tertiary/aromatic N) is 2. The molecule has 0 unspecified atom stereocenters. The summed E-state index contributed by atoms with van der Waals surface area (Å²) in [5.41, 5.74) is 1.19. The smallest absolute Gasteiger partial charge is 0.251 e. The third-order valence-corrected chi connectivity index (χ3v) is 2.66. The van der Waals surface area contributed by atoms with E-state index in [1.807, 2.05) is 0 Å². The second-order valence-corrected chi connectivity index (χ2v) is 4.25. The third kappa shape index (κ3) is 3.58. The largest absolute Gasteiger partial charge is 0.360 e. The summed E-state index contributed by atoms with van der Waals surface area (Å²) in [5.74, 6) is -0.101. The van der Waals surface area contributed by atoms with Gasteiger partial charge in [-0.15, -0.1) is 0 Å². The Morgan fingerprint density at radius 3 is 2.68 bits per heavy atom. The van der Waals surface area contributed by atoms with Crippen molar-refractivity contribution >= 4 is 11.6 Å². The first-order valence-electron chi connectivity index (χ1n) is 5.91. The number of hydrogen-bond donors (Lipinski definition) is 2. The summed E-state index contributed by atoms with van der Waals surface area (Å²) < 4.78 is 0. The second-order valence-electron chi connectivity index (χ2n) is 4.25. The summed E-state index contributed by atoms with van der Waals surface area (Å²) in [6.45, 7) is 0. The van der Waals surface area contributed by atoms with Crippen molar-refractivity contribution < 1.29 is 4.79 Å². The zero-order chi connectivity index (χ0) is 13.7. The molecule has 0 radical (unpaired) electrons. The molecule has 2 rings (SSSR count). The quantitative estimate of drug-likeness (QED) is 0.801. The van der Waals surface area contributed by atoms with E-state index in [1.54, 1.807) is 36.4 Å².